The number of anilines is 1. The summed E-state index contributed by atoms with van der Waals surface area (Å²) in [6.07, 6.45) is 0. The predicted octanol–water partition coefficient (Wildman–Crippen LogP) is 7.17. The second kappa shape index (κ2) is 10.1. The number of aromatic nitrogens is 2. The highest BCUT2D eigenvalue weighted by atomic mass is 32.2. The Morgan fingerprint density at radius 2 is 1.38 bits per heavy atom. The van der Waals surface area contributed by atoms with Crippen LogP contribution in [0.4, 0.5) is 17.1 Å². The van der Waals surface area contributed by atoms with Crippen molar-refractivity contribution in [2.75, 3.05) is 11.1 Å². The summed E-state index contributed by atoms with van der Waals surface area (Å²) in [5.74, 6) is 0.140. The number of nitrogens with one attached hydrogen (secondary N) is 1. The van der Waals surface area contributed by atoms with Crippen LogP contribution in [0.1, 0.15) is 0 Å². The molecule has 0 bridgehead atoms. The summed E-state index contributed by atoms with van der Waals surface area (Å²) in [6, 6.07) is 34.9. The third kappa shape index (κ3) is 5.05. The molecule has 1 N–H and O–H groups in total. The Bertz CT molecular complexity index is 1430. The van der Waals surface area contributed by atoms with Gasteiger partial charge in [-0.2, -0.15) is 10.2 Å². The number of fused-ring (bicyclic) bond motifs is 1. The van der Waals surface area contributed by atoms with Gasteiger partial charge in [-0.1, -0.05) is 60.3 Å². The zero-order valence-corrected chi connectivity index (χ0v) is 19.0. The maximum atomic E-state index is 12.6. The first-order chi connectivity index (χ1) is 16.8. The van der Waals surface area contributed by atoms with E-state index in [0.717, 1.165) is 27.6 Å². The second-order valence-corrected chi connectivity index (χ2v) is 8.42. The highest BCUT2D eigenvalue weighted by Gasteiger charge is 2.14. The lowest BCUT2D eigenvalue weighted by Gasteiger charge is -2.09. The van der Waals surface area contributed by atoms with Crippen LogP contribution in [-0.2, 0) is 4.79 Å². The summed E-state index contributed by atoms with van der Waals surface area (Å²) < 4.78 is 2.08. The Labute approximate surface area is 201 Å². The molecule has 0 saturated carbocycles. The first kappa shape index (κ1) is 21.6. The minimum absolute atomic E-state index is 0.102. The van der Waals surface area contributed by atoms with Crippen LogP contribution in [0.3, 0.4) is 0 Å². The number of amides is 1. The zero-order chi connectivity index (χ0) is 23.2. The second-order valence-electron chi connectivity index (χ2n) is 7.47. The topological polar surface area (TPSA) is 71.6 Å². The number of para-hydroxylation sites is 3. The SMILES string of the molecule is O=C(CSc1nc2ccccc2n1-c1ccccc1)Nc1ccc(N=Nc2ccccc2)cc1. The molecule has 0 fully saturated rings. The van der Waals surface area contributed by atoms with E-state index < -0.39 is 0 Å². The molecule has 1 heterocycles. The molecule has 0 radical (unpaired) electrons. The van der Waals surface area contributed by atoms with Crippen LogP contribution in [-0.4, -0.2) is 21.2 Å². The van der Waals surface area contributed by atoms with Crippen LogP contribution in [0.5, 0.6) is 0 Å². The Kier molecular flexibility index (Phi) is 6.45. The van der Waals surface area contributed by atoms with Crippen molar-refractivity contribution in [2.45, 2.75) is 5.16 Å². The molecule has 4 aromatic carbocycles. The average molecular weight is 464 g/mol. The maximum absolute atomic E-state index is 12.6. The lowest BCUT2D eigenvalue weighted by atomic mass is 10.3. The van der Waals surface area contributed by atoms with Crippen LogP contribution >= 0.6 is 11.8 Å². The molecule has 6 nitrogen and oxygen atoms in total. The molecule has 7 heteroatoms. The Morgan fingerprint density at radius 3 is 2.12 bits per heavy atom. The van der Waals surface area contributed by atoms with E-state index in [0.29, 0.717) is 11.4 Å². The molecule has 5 aromatic rings. The molecule has 0 aliphatic rings. The average Bonchev–Trinajstić information content (AvgIpc) is 3.27. The Hall–Kier alpha value is -4.23. The minimum atomic E-state index is -0.102. The number of hydrogen-bond acceptors (Lipinski definition) is 5. The fourth-order valence-electron chi connectivity index (χ4n) is 3.48. The molecular formula is C27H21N5OS. The van der Waals surface area contributed by atoms with Gasteiger partial charge in [-0.15, -0.1) is 0 Å². The number of azo groups is 1. The van der Waals surface area contributed by atoms with Crippen LogP contribution in [0, 0.1) is 0 Å². The van der Waals surface area contributed by atoms with Crippen molar-refractivity contribution in [2.24, 2.45) is 10.2 Å². The van der Waals surface area contributed by atoms with Crippen LogP contribution in [0.2, 0.25) is 0 Å². The lowest BCUT2D eigenvalue weighted by Crippen LogP contribution is -2.14. The number of carbonyl (C=O) groups excluding carboxylic acids is 1. The molecule has 0 aliphatic carbocycles. The summed E-state index contributed by atoms with van der Waals surface area (Å²) >= 11 is 1.41. The van der Waals surface area contributed by atoms with Gasteiger partial charge >= 0.3 is 0 Å². The van der Waals surface area contributed by atoms with E-state index in [2.05, 4.69) is 20.1 Å². The Morgan fingerprint density at radius 1 is 0.765 bits per heavy atom. The number of benzene rings is 4. The monoisotopic (exact) mass is 463 g/mol. The van der Waals surface area contributed by atoms with E-state index in [1.54, 1.807) is 0 Å². The fourth-order valence-corrected chi connectivity index (χ4v) is 4.30. The first-order valence-electron chi connectivity index (χ1n) is 10.8. The number of nitrogens with zero attached hydrogens (tertiary/aromatic N) is 4. The van der Waals surface area contributed by atoms with Crippen molar-refractivity contribution in [3.63, 3.8) is 0 Å². The number of rotatable bonds is 7. The standard InChI is InChI=1S/C27H21N5OS/c33-26(28-20-15-17-22(18-16-20)31-30-21-9-3-1-4-10-21)19-34-27-29-24-13-7-8-14-25(24)32(27)23-11-5-2-6-12-23/h1-18H,19H2,(H,28,33). The zero-order valence-electron chi connectivity index (χ0n) is 18.2. The third-order valence-electron chi connectivity index (χ3n) is 5.06. The van der Waals surface area contributed by atoms with E-state index in [1.807, 2.05) is 109 Å². The predicted molar refractivity (Wildman–Crippen MR) is 137 cm³/mol. The van der Waals surface area contributed by atoms with Gasteiger partial charge in [-0.25, -0.2) is 4.98 Å². The normalized spacial score (nSPS) is 11.2. The highest BCUT2D eigenvalue weighted by molar-refractivity contribution is 7.99. The van der Waals surface area contributed by atoms with Gasteiger partial charge in [0.25, 0.3) is 0 Å². The van der Waals surface area contributed by atoms with E-state index in [1.165, 1.54) is 11.8 Å². The quantitative estimate of drug-likeness (QED) is 0.205. The molecule has 34 heavy (non-hydrogen) atoms. The molecule has 5 rings (SSSR count). The van der Waals surface area contributed by atoms with Gasteiger partial charge in [0.15, 0.2) is 5.16 Å². The maximum Gasteiger partial charge on any atom is 0.234 e. The van der Waals surface area contributed by atoms with Crippen LogP contribution in [0.25, 0.3) is 16.7 Å². The largest absolute Gasteiger partial charge is 0.325 e. The van der Waals surface area contributed by atoms with Crippen molar-refractivity contribution in [1.82, 2.24) is 9.55 Å². The van der Waals surface area contributed by atoms with Crippen molar-refractivity contribution < 1.29 is 4.79 Å². The fraction of sp³-hybridized carbons (Fsp3) is 0.0370. The molecule has 0 spiro atoms. The smallest absolute Gasteiger partial charge is 0.234 e. The summed E-state index contributed by atoms with van der Waals surface area (Å²) in [6.45, 7) is 0. The molecule has 0 atom stereocenters. The third-order valence-corrected chi connectivity index (χ3v) is 6.00. The molecule has 1 amide bonds. The number of imidazole rings is 1. The molecule has 0 saturated heterocycles. The first-order valence-corrected chi connectivity index (χ1v) is 11.8. The van der Waals surface area contributed by atoms with Crippen LogP contribution in [0.15, 0.2) is 125 Å². The van der Waals surface area contributed by atoms with Crippen molar-refractivity contribution in [1.29, 1.82) is 0 Å². The van der Waals surface area contributed by atoms with E-state index in [-0.39, 0.29) is 11.7 Å². The van der Waals surface area contributed by atoms with Gasteiger partial charge < -0.3 is 5.32 Å². The van der Waals surface area contributed by atoms with Gasteiger partial charge in [0.1, 0.15) is 0 Å². The molecular weight excluding hydrogens is 442 g/mol. The molecule has 1 aromatic heterocycles. The van der Waals surface area contributed by atoms with Crippen molar-refractivity contribution in [3.8, 4) is 5.69 Å². The highest BCUT2D eigenvalue weighted by Crippen LogP contribution is 2.28. The van der Waals surface area contributed by atoms with Gasteiger partial charge in [-0.05, 0) is 60.7 Å². The number of hydrogen-bond donors (Lipinski definition) is 1. The lowest BCUT2D eigenvalue weighted by molar-refractivity contribution is -0.113. The van der Waals surface area contributed by atoms with E-state index in [4.69, 9.17) is 4.98 Å². The molecule has 0 unspecified atom stereocenters. The van der Waals surface area contributed by atoms with E-state index in [9.17, 15) is 4.79 Å². The van der Waals surface area contributed by atoms with Crippen molar-refractivity contribution in [3.05, 3.63) is 109 Å². The number of thioether (sulfide) groups is 1. The van der Waals surface area contributed by atoms with Gasteiger partial charge in [0.05, 0.1) is 28.2 Å². The summed E-state index contributed by atoms with van der Waals surface area (Å²) in [7, 11) is 0. The minimum Gasteiger partial charge on any atom is -0.325 e. The van der Waals surface area contributed by atoms with Crippen molar-refractivity contribution >= 4 is 45.8 Å². The molecule has 166 valence electrons. The van der Waals surface area contributed by atoms with Crippen LogP contribution < -0.4 is 5.32 Å². The van der Waals surface area contributed by atoms with E-state index >= 15 is 0 Å². The number of carbonyl (C=O) groups is 1. The van der Waals surface area contributed by atoms with Gasteiger partial charge in [-0.3, -0.25) is 9.36 Å². The molecule has 0 aliphatic heterocycles. The van der Waals surface area contributed by atoms with Gasteiger partial charge in [0.2, 0.25) is 5.91 Å². The van der Waals surface area contributed by atoms with Gasteiger partial charge in [0, 0.05) is 11.4 Å². The summed E-state index contributed by atoms with van der Waals surface area (Å²) in [4.78, 5) is 17.4. The Balaban J connectivity index is 1.25. The summed E-state index contributed by atoms with van der Waals surface area (Å²) in [5, 5.41) is 12.1. The summed E-state index contributed by atoms with van der Waals surface area (Å²) in [5.41, 5.74) is 5.14.